The second-order valence-corrected chi connectivity index (χ2v) is 6.34. The van der Waals surface area contributed by atoms with Gasteiger partial charge >= 0.3 is 0 Å². The number of fused-ring (bicyclic) bond motifs is 1. The predicted molar refractivity (Wildman–Crippen MR) is 93.3 cm³/mol. The molecule has 1 amide bonds. The Morgan fingerprint density at radius 1 is 1.27 bits per heavy atom. The second kappa shape index (κ2) is 7.27. The van der Waals surface area contributed by atoms with Crippen molar-refractivity contribution in [2.75, 3.05) is 24.5 Å². The Morgan fingerprint density at radius 3 is 3.05 bits per heavy atom. The maximum Gasteiger partial charge on any atom is 0.244 e. The third-order valence-corrected chi connectivity index (χ3v) is 4.67. The van der Waals surface area contributed by atoms with Crippen LogP contribution in [-0.2, 0) is 11.2 Å². The molecule has 2 heterocycles. The molecule has 3 nitrogen and oxygen atoms in total. The zero-order chi connectivity index (χ0) is 15.2. The molecule has 4 heteroatoms. The van der Waals surface area contributed by atoms with Crippen molar-refractivity contribution in [2.45, 2.75) is 12.8 Å². The van der Waals surface area contributed by atoms with Crippen molar-refractivity contribution in [3.63, 3.8) is 0 Å². The number of carbonyl (C=O) groups is 1. The molecular formula is C18H20N2OS. The quantitative estimate of drug-likeness (QED) is 0.655. The van der Waals surface area contributed by atoms with Gasteiger partial charge in [-0.2, -0.15) is 0 Å². The molecule has 0 saturated carbocycles. The van der Waals surface area contributed by atoms with Gasteiger partial charge in [0.05, 0.1) is 0 Å². The van der Waals surface area contributed by atoms with E-state index in [0.29, 0.717) is 6.54 Å². The van der Waals surface area contributed by atoms with Crippen molar-refractivity contribution in [3.8, 4) is 0 Å². The van der Waals surface area contributed by atoms with Gasteiger partial charge in [-0.25, -0.2) is 0 Å². The van der Waals surface area contributed by atoms with Crippen molar-refractivity contribution >= 4 is 29.0 Å². The van der Waals surface area contributed by atoms with E-state index < -0.39 is 0 Å². The molecule has 0 radical (unpaired) electrons. The van der Waals surface area contributed by atoms with E-state index >= 15 is 0 Å². The average molecular weight is 312 g/mol. The van der Waals surface area contributed by atoms with Crippen LogP contribution in [0.2, 0.25) is 0 Å². The number of nitrogens with one attached hydrogen (secondary N) is 1. The van der Waals surface area contributed by atoms with Gasteiger partial charge in [0, 0.05) is 36.3 Å². The maximum absolute atomic E-state index is 11.7. The fraction of sp³-hybridized carbons (Fsp3) is 0.278. The minimum atomic E-state index is -0.0183. The van der Waals surface area contributed by atoms with E-state index in [4.69, 9.17) is 0 Å². The number of para-hydroxylation sites is 1. The molecular weight excluding hydrogens is 292 g/mol. The summed E-state index contributed by atoms with van der Waals surface area (Å²) >= 11 is 1.63. The van der Waals surface area contributed by atoms with Crippen LogP contribution >= 0.6 is 11.3 Å². The molecule has 2 aromatic rings. The van der Waals surface area contributed by atoms with Crippen LogP contribution in [0.3, 0.4) is 0 Å². The second-order valence-electron chi connectivity index (χ2n) is 5.36. The van der Waals surface area contributed by atoms with Crippen LogP contribution in [0, 0.1) is 0 Å². The molecule has 0 spiro atoms. The summed E-state index contributed by atoms with van der Waals surface area (Å²) < 4.78 is 0. The van der Waals surface area contributed by atoms with Gasteiger partial charge in [-0.1, -0.05) is 24.3 Å². The van der Waals surface area contributed by atoms with E-state index in [-0.39, 0.29) is 5.91 Å². The van der Waals surface area contributed by atoms with E-state index in [0.717, 1.165) is 30.8 Å². The lowest BCUT2D eigenvalue weighted by Crippen LogP contribution is -2.28. The molecule has 1 aliphatic heterocycles. The summed E-state index contributed by atoms with van der Waals surface area (Å²) in [5.41, 5.74) is 2.79. The molecule has 1 aliphatic rings. The van der Waals surface area contributed by atoms with Crippen molar-refractivity contribution in [1.82, 2.24) is 5.32 Å². The highest BCUT2D eigenvalue weighted by atomic mass is 32.1. The molecule has 1 aromatic carbocycles. The van der Waals surface area contributed by atoms with Crippen molar-refractivity contribution in [2.24, 2.45) is 0 Å². The van der Waals surface area contributed by atoms with Crippen LogP contribution in [-0.4, -0.2) is 25.5 Å². The highest BCUT2D eigenvalue weighted by Crippen LogP contribution is 2.27. The van der Waals surface area contributed by atoms with Gasteiger partial charge in [0.1, 0.15) is 0 Å². The molecule has 0 saturated heterocycles. The van der Waals surface area contributed by atoms with E-state index in [1.807, 2.05) is 23.6 Å². The number of hydrogen-bond acceptors (Lipinski definition) is 3. The number of hydrogen-bond donors (Lipinski definition) is 1. The van der Waals surface area contributed by atoms with Gasteiger partial charge < -0.3 is 10.2 Å². The predicted octanol–water partition coefficient (Wildman–Crippen LogP) is 3.33. The molecule has 0 atom stereocenters. The number of anilines is 1. The molecule has 3 rings (SSSR count). The number of rotatable bonds is 6. The number of carbonyl (C=O) groups excluding carboxylic acids is 1. The summed E-state index contributed by atoms with van der Waals surface area (Å²) in [5.74, 6) is -0.0183. The molecule has 0 bridgehead atoms. The topological polar surface area (TPSA) is 32.3 Å². The summed E-state index contributed by atoms with van der Waals surface area (Å²) in [4.78, 5) is 15.2. The fourth-order valence-electron chi connectivity index (χ4n) is 2.72. The molecule has 1 aromatic heterocycles. The van der Waals surface area contributed by atoms with E-state index in [1.54, 1.807) is 17.4 Å². The van der Waals surface area contributed by atoms with Crippen LogP contribution in [0.4, 0.5) is 5.69 Å². The minimum Gasteiger partial charge on any atom is -0.371 e. The zero-order valence-corrected chi connectivity index (χ0v) is 13.3. The number of thiophene rings is 1. The zero-order valence-electron chi connectivity index (χ0n) is 12.5. The van der Waals surface area contributed by atoms with Crippen LogP contribution in [0.1, 0.15) is 16.9 Å². The highest BCUT2D eigenvalue weighted by Gasteiger charge is 2.17. The Balaban J connectivity index is 1.38. The monoisotopic (exact) mass is 312 g/mol. The van der Waals surface area contributed by atoms with E-state index in [1.165, 1.54) is 11.3 Å². The van der Waals surface area contributed by atoms with Crippen molar-refractivity contribution < 1.29 is 4.79 Å². The smallest absolute Gasteiger partial charge is 0.244 e. The third kappa shape index (κ3) is 3.77. The molecule has 0 aliphatic carbocycles. The summed E-state index contributed by atoms with van der Waals surface area (Å²) in [6.07, 6.45) is 5.56. The summed E-state index contributed by atoms with van der Waals surface area (Å²) in [6, 6.07) is 12.6. The van der Waals surface area contributed by atoms with Gasteiger partial charge in [-0.05, 0) is 42.0 Å². The minimum absolute atomic E-state index is 0.0183. The normalized spacial score (nSPS) is 13.5. The molecule has 114 valence electrons. The number of benzene rings is 1. The molecule has 0 unspecified atom stereocenters. The number of amides is 1. The van der Waals surface area contributed by atoms with Crippen molar-refractivity contribution in [3.05, 3.63) is 58.3 Å². The lowest BCUT2D eigenvalue weighted by Gasteiger charge is -2.19. The summed E-state index contributed by atoms with van der Waals surface area (Å²) in [5, 5.41) is 4.95. The number of nitrogens with zero attached hydrogens (tertiary/aromatic N) is 1. The third-order valence-electron chi connectivity index (χ3n) is 3.83. The fourth-order valence-corrected chi connectivity index (χ4v) is 3.34. The van der Waals surface area contributed by atoms with Crippen LogP contribution in [0.15, 0.2) is 47.9 Å². The van der Waals surface area contributed by atoms with Crippen molar-refractivity contribution in [1.29, 1.82) is 0 Å². The first-order valence-electron chi connectivity index (χ1n) is 7.65. The maximum atomic E-state index is 11.7. The van der Waals surface area contributed by atoms with Crippen LogP contribution in [0.5, 0.6) is 0 Å². The van der Waals surface area contributed by atoms with Crippen LogP contribution < -0.4 is 10.2 Å². The SMILES string of the molecule is O=C(C=Cc1cccs1)NCCCN1CCc2ccccc21. The Labute approximate surface area is 135 Å². The van der Waals surface area contributed by atoms with Gasteiger partial charge in [0.25, 0.3) is 0 Å². The first-order chi connectivity index (χ1) is 10.8. The first-order valence-corrected chi connectivity index (χ1v) is 8.53. The van der Waals surface area contributed by atoms with Gasteiger partial charge in [-0.3, -0.25) is 4.79 Å². The first kappa shape index (κ1) is 14.9. The van der Waals surface area contributed by atoms with Gasteiger partial charge in [0.15, 0.2) is 0 Å². The van der Waals surface area contributed by atoms with Gasteiger partial charge in [0.2, 0.25) is 5.91 Å². The summed E-state index contributed by atoms with van der Waals surface area (Å²) in [7, 11) is 0. The Bertz CT molecular complexity index is 649. The molecule has 0 fully saturated rings. The summed E-state index contributed by atoms with van der Waals surface area (Å²) in [6.45, 7) is 2.80. The van der Waals surface area contributed by atoms with E-state index in [9.17, 15) is 4.79 Å². The molecule has 1 N–H and O–H groups in total. The van der Waals surface area contributed by atoms with Crippen LogP contribution in [0.25, 0.3) is 6.08 Å². The standard InChI is InChI=1S/C18H20N2OS/c21-18(9-8-16-6-3-14-22-16)19-11-4-12-20-13-10-15-5-1-2-7-17(15)20/h1-3,5-9,14H,4,10-13H2,(H,19,21). The lowest BCUT2D eigenvalue weighted by molar-refractivity contribution is -0.116. The average Bonchev–Trinajstić information content (AvgIpc) is 3.19. The largest absolute Gasteiger partial charge is 0.371 e. The van der Waals surface area contributed by atoms with E-state index in [2.05, 4.69) is 34.5 Å². The highest BCUT2D eigenvalue weighted by molar-refractivity contribution is 7.10. The Hall–Kier alpha value is -2.07. The van der Waals surface area contributed by atoms with Gasteiger partial charge in [-0.15, -0.1) is 11.3 Å². The Kier molecular flexibility index (Phi) is 4.91. The Morgan fingerprint density at radius 2 is 2.18 bits per heavy atom. The lowest BCUT2D eigenvalue weighted by atomic mass is 10.2. The molecule has 22 heavy (non-hydrogen) atoms.